The molecule has 0 aromatic heterocycles. The molecule has 0 radical (unpaired) electrons. The first kappa shape index (κ1) is 11.1. The molecule has 0 aliphatic carbocycles. The zero-order valence-corrected chi connectivity index (χ0v) is 8.84. The van der Waals surface area contributed by atoms with Crippen molar-refractivity contribution < 1.29 is 19.5 Å². The number of anilines is 1. The summed E-state index contributed by atoms with van der Waals surface area (Å²) < 4.78 is 0. The van der Waals surface area contributed by atoms with Crippen LogP contribution in [0.25, 0.3) is 0 Å². The Morgan fingerprint density at radius 1 is 1.41 bits per heavy atom. The maximum absolute atomic E-state index is 11.6. The van der Waals surface area contributed by atoms with E-state index >= 15 is 0 Å². The highest BCUT2D eigenvalue weighted by molar-refractivity contribution is 6.05. The Morgan fingerprint density at radius 3 is 2.71 bits per heavy atom. The number of aromatic carboxylic acids is 1. The van der Waals surface area contributed by atoms with Gasteiger partial charge >= 0.3 is 5.97 Å². The van der Waals surface area contributed by atoms with Crippen molar-refractivity contribution in [2.45, 2.75) is 6.42 Å². The lowest BCUT2D eigenvalue weighted by Gasteiger charge is -2.14. The summed E-state index contributed by atoms with van der Waals surface area (Å²) in [5.74, 6) is -1.90. The first-order valence-electron chi connectivity index (χ1n) is 4.94. The minimum absolute atomic E-state index is 0.101. The summed E-state index contributed by atoms with van der Waals surface area (Å²) in [7, 11) is 0. The Hall–Kier alpha value is -2.37. The third kappa shape index (κ3) is 1.96. The number of benzene rings is 1. The van der Waals surface area contributed by atoms with Crippen LogP contribution in [0, 0.1) is 0 Å². The highest BCUT2D eigenvalue weighted by Crippen LogP contribution is 2.29. The number of fused-ring (bicyclic) bond motifs is 1. The third-order valence-corrected chi connectivity index (χ3v) is 2.57. The average Bonchev–Trinajstić information content (AvgIpc) is 2.54. The van der Waals surface area contributed by atoms with Crippen LogP contribution in [0.2, 0.25) is 0 Å². The van der Waals surface area contributed by atoms with Crippen LogP contribution in [-0.2, 0) is 16.0 Å². The van der Waals surface area contributed by atoms with Crippen molar-refractivity contribution in [1.82, 2.24) is 0 Å². The number of carbonyl (C=O) groups is 3. The van der Waals surface area contributed by atoms with Gasteiger partial charge in [-0.15, -0.1) is 0 Å². The van der Waals surface area contributed by atoms with E-state index < -0.39 is 11.9 Å². The van der Waals surface area contributed by atoms with Crippen molar-refractivity contribution in [2.75, 3.05) is 11.4 Å². The van der Waals surface area contributed by atoms with Crippen LogP contribution in [0.1, 0.15) is 15.9 Å². The summed E-state index contributed by atoms with van der Waals surface area (Å²) in [6, 6.07) is 4.36. The summed E-state index contributed by atoms with van der Waals surface area (Å²) in [5.41, 5.74) is 6.33. The van der Waals surface area contributed by atoms with Gasteiger partial charge in [-0.25, -0.2) is 4.79 Å². The van der Waals surface area contributed by atoms with Gasteiger partial charge in [0.1, 0.15) is 6.54 Å². The fraction of sp³-hybridized carbons (Fsp3) is 0.182. The van der Waals surface area contributed by atoms with Crippen LogP contribution in [0.3, 0.4) is 0 Å². The maximum Gasteiger partial charge on any atom is 0.335 e. The average molecular weight is 234 g/mol. The van der Waals surface area contributed by atoms with E-state index in [2.05, 4.69) is 0 Å². The number of hydrogen-bond donors (Lipinski definition) is 2. The van der Waals surface area contributed by atoms with Crippen molar-refractivity contribution >= 4 is 23.5 Å². The van der Waals surface area contributed by atoms with Gasteiger partial charge in [-0.1, -0.05) is 0 Å². The Kier molecular flexibility index (Phi) is 2.55. The van der Waals surface area contributed by atoms with Crippen molar-refractivity contribution in [1.29, 1.82) is 0 Å². The van der Waals surface area contributed by atoms with Crippen molar-refractivity contribution in [2.24, 2.45) is 5.73 Å². The zero-order chi connectivity index (χ0) is 12.6. The number of hydrogen-bond acceptors (Lipinski definition) is 3. The van der Waals surface area contributed by atoms with Gasteiger partial charge in [-0.2, -0.15) is 0 Å². The second-order valence-electron chi connectivity index (χ2n) is 3.77. The highest BCUT2D eigenvalue weighted by Gasteiger charge is 2.28. The molecule has 0 saturated heterocycles. The first-order valence-corrected chi connectivity index (χ1v) is 4.94. The summed E-state index contributed by atoms with van der Waals surface area (Å²) in [6.45, 7) is -0.182. The molecule has 0 saturated carbocycles. The number of carbonyl (C=O) groups excluding carboxylic acids is 2. The molecule has 1 heterocycles. The van der Waals surface area contributed by atoms with Gasteiger partial charge in [0.05, 0.1) is 12.0 Å². The molecule has 2 amide bonds. The highest BCUT2D eigenvalue weighted by atomic mass is 16.4. The monoisotopic (exact) mass is 234 g/mol. The molecule has 0 spiro atoms. The first-order chi connectivity index (χ1) is 7.99. The van der Waals surface area contributed by atoms with E-state index in [0.29, 0.717) is 11.3 Å². The lowest BCUT2D eigenvalue weighted by Crippen LogP contribution is -2.35. The molecule has 1 aromatic carbocycles. The van der Waals surface area contributed by atoms with Crippen LogP contribution < -0.4 is 10.6 Å². The van der Waals surface area contributed by atoms with E-state index in [1.54, 1.807) is 0 Å². The number of primary amides is 1. The number of amides is 2. The van der Waals surface area contributed by atoms with Gasteiger partial charge in [0, 0.05) is 5.69 Å². The molecule has 1 aliphatic rings. The molecule has 1 aliphatic heterocycles. The van der Waals surface area contributed by atoms with Crippen molar-refractivity contribution in [3.8, 4) is 0 Å². The van der Waals surface area contributed by atoms with E-state index in [9.17, 15) is 14.4 Å². The Labute approximate surface area is 96.6 Å². The number of carboxylic acid groups (broad SMARTS) is 1. The van der Waals surface area contributed by atoms with Crippen LogP contribution >= 0.6 is 0 Å². The summed E-state index contributed by atoms with van der Waals surface area (Å²) >= 11 is 0. The molecule has 0 fully saturated rings. The zero-order valence-electron chi connectivity index (χ0n) is 8.84. The number of nitrogens with zero attached hydrogens (tertiary/aromatic N) is 1. The van der Waals surface area contributed by atoms with Crippen LogP contribution in [0.15, 0.2) is 18.2 Å². The normalized spacial score (nSPS) is 13.6. The summed E-state index contributed by atoms with van der Waals surface area (Å²) in [6.07, 6.45) is 0.101. The van der Waals surface area contributed by atoms with Crippen molar-refractivity contribution in [3.05, 3.63) is 29.3 Å². The quantitative estimate of drug-likeness (QED) is 0.753. The van der Waals surface area contributed by atoms with Crippen LogP contribution in [-0.4, -0.2) is 29.4 Å². The van der Waals surface area contributed by atoms with E-state index in [4.69, 9.17) is 10.8 Å². The fourth-order valence-corrected chi connectivity index (χ4v) is 1.85. The second kappa shape index (κ2) is 3.89. The molecule has 6 heteroatoms. The minimum Gasteiger partial charge on any atom is -0.478 e. The number of carboxylic acids is 1. The lowest BCUT2D eigenvalue weighted by molar-refractivity contribution is -0.121. The molecular weight excluding hydrogens is 224 g/mol. The SMILES string of the molecule is NC(=O)CN1C(=O)Cc2cc(C(=O)O)ccc21. The molecule has 0 atom stereocenters. The van der Waals surface area contributed by atoms with Gasteiger partial charge in [0.15, 0.2) is 0 Å². The van der Waals surface area contributed by atoms with Gasteiger partial charge in [0.2, 0.25) is 11.8 Å². The summed E-state index contributed by atoms with van der Waals surface area (Å²) in [4.78, 5) is 34.5. The minimum atomic E-state index is -1.05. The molecular formula is C11H10N2O4. The summed E-state index contributed by atoms with van der Waals surface area (Å²) in [5, 5.41) is 8.82. The smallest absolute Gasteiger partial charge is 0.335 e. The predicted molar refractivity (Wildman–Crippen MR) is 58.7 cm³/mol. The van der Waals surface area contributed by atoms with E-state index in [-0.39, 0.29) is 24.4 Å². The third-order valence-electron chi connectivity index (χ3n) is 2.57. The Morgan fingerprint density at radius 2 is 2.12 bits per heavy atom. The molecule has 88 valence electrons. The predicted octanol–water partition coefficient (Wildman–Crippen LogP) is -0.241. The van der Waals surface area contributed by atoms with E-state index in [0.717, 1.165) is 0 Å². The van der Waals surface area contributed by atoms with Crippen LogP contribution in [0.4, 0.5) is 5.69 Å². The Bertz CT molecular complexity index is 524. The molecule has 2 rings (SSSR count). The molecule has 1 aromatic rings. The van der Waals surface area contributed by atoms with Gasteiger partial charge in [-0.05, 0) is 23.8 Å². The molecule has 0 unspecified atom stereocenters. The molecule has 17 heavy (non-hydrogen) atoms. The number of nitrogens with two attached hydrogens (primary N) is 1. The lowest BCUT2D eigenvalue weighted by atomic mass is 10.1. The molecule has 6 nitrogen and oxygen atoms in total. The topological polar surface area (TPSA) is 101 Å². The molecule has 3 N–H and O–H groups in total. The maximum atomic E-state index is 11.6. The van der Waals surface area contributed by atoms with E-state index in [1.807, 2.05) is 0 Å². The standard InChI is InChI=1S/C11H10N2O4/c12-9(14)5-13-8-2-1-6(11(16)17)3-7(8)4-10(13)15/h1-3H,4-5H2,(H2,12,14)(H,16,17). The van der Waals surface area contributed by atoms with Crippen LogP contribution in [0.5, 0.6) is 0 Å². The second-order valence-corrected chi connectivity index (χ2v) is 3.77. The van der Waals surface area contributed by atoms with E-state index in [1.165, 1.54) is 23.1 Å². The molecule has 0 bridgehead atoms. The van der Waals surface area contributed by atoms with Crippen molar-refractivity contribution in [3.63, 3.8) is 0 Å². The van der Waals surface area contributed by atoms with Gasteiger partial charge < -0.3 is 15.7 Å². The largest absolute Gasteiger partial charge is 0.478 e. The Balaban J connectivity index is 2.38. The fourth-order valence-electron chi connectivity index (χ4n) is 1.85. The number of rotatable bonds is 3. The van der Waals surface area contributed by atoms with Gasteiger partial charge in [-0.3, -0.25) is 9.59 Å². The van der Waals surface area contributed by atoms with Gasteiger partial charge in [0.25, 0.3) is 0 Å².